The number of alkyl halides is 3. The van der Waals surface area contributed by atoms with Crippen LogP contribution in [0.25, 0.3) is 10.9 Å². The smallest absolute Gasteiger partial charge is 0.416 e. The van der Waals surface area contributed by atoms with Crippen molar-refractivity contribution >= 4 is 61.1 Å². The number of aromatic nitrogens is 1. The number of halogens is 3. The summed E-state index contributed by atoms with van der Waals surface area (Å²) in [4.78, 5) is 54.9. The maximum atomic E-state index is 15.0. The number of fused-ring (bicyclic) bond motifs is 1. The number of carbonyl (C=O) groups excluding carboxylic acids is 3. The number of nitrogens with zero attached hydrogens (tertiary/aromatic N) is 3. The van der Waals surface area contributed by atoms with Crippen molar-refractivity contribution in [2.24, 2.45) is 22.2 Å². The first kappa shape index (κ1) is 46.4. The van der Waals surface area contributed by atoms with E-state index in [0.29, 0.717) is 53.3 Å². The molecule has 3 N–H and O–H groups in total. The van der Waals surface area contributed by atoms with Gasteiger partial charge in [-0.15, -0.1) is 11.8 Å². The van der Waals surface area contributed by atoms with E-state index in [-0.39, 0.29) is 37.0 Å². The number of anilines is 1. The molecule has 63 heavy (non-hydrogen) atoms. The molecule has 6 atom stereocenters. The minimum Gasteiger partial charge on any atom is -0.496 e. The van der Waals surface area contributed by atoms with Gasteiger partial charge >= 0.3 is 6.18 Å². The quantitative estimate of drug-likeness (QED) is 0.150. The standard InChI is InChI=1S/C45H57F3N6O7S2/c1-10-26-21-44(26,41(57)53-63(58,59)43(8)16-17-43)52-38(55)33-19-29(22-54(33)40(56)37(42(5,6)7)49-28-13-11-12-27(18-28)45(46,47)48)61-35-20-31(39-51-32(23-62-39)24(2)3)50-36-25(4)34(60-9)15-14-30(35)36/h11-15,18,20,24,26,29,32-33,37,49H,10,16-17,19,21-23H2,1-9H3,(H,52,55)(H,53,57)/t26-,29?,32?,33+,37-,44-/m1/s1. The molecule has 2 unspecified atom stereocenters. The topological polar surface area (TPSA) is 168 Å². The Bertz CT molecular complexity index is 2450. The fraction of sp³-hybridized carbons (Fsp3) is 0.578. The Morgan fingerprint density at radius 3 is 2.37 bits per heavy atom. The van der Waals surface area contributed by atoms with E-state index in [2.05, 4.69) is 29.2 Å². The Morgan fingerprint density at radius 2 is 1.78 bits per heavy atom. The molecule has 3 heterocycles. The highest BCUT2D eigenvalue weighted by atomic mass is 32.2. The van der Waals surface area contributed by atoms with E-state index in [4.69, 9.17) is 19.5 Å². The van der Waals surface area contributed by atoms with Gasteiger partial charge in [0.15, 0.2) is 0 Å². The van der Waals surface area contributed by atoms with Crippen LogP contribution in [0, 0.1) is 24.2 Å². The van der Waals surface area contributed by atoms with Gasteiger partial charge in [0, 0.05) is 34.9 Å². The van der Waals surface area contributed by atoms with Gasteiger partial charge in [0.2, 0.25) is 21.8 Å². The zero-order valence-electron chi connectivity index (χ0n) is 37.1. The van der Waals surface area contributed by atoms with Crippen LogP contribution in [0.3, 0.4) is 0 Å². The number of amides is 3. The van der Waals surface area contributed by atoms with Gasteiger partial charge in [-0.1, -0.05) is 54.0 Å². The molecular formula is C45H57F3N6O7S2. The van der Waals surface area contributed by atoms with Crippen LogP contribution in [0.4, 0.5) is 18.9 Å². The molecule has 3 aromatic rings. The van der Waals surface area contributed by atoms with E-state index in [1.165, 1.54) is 17.0 Å². The van der Waals surface area contributed by atoms with Crippen molar-refractivity contribution in [2.75, 3.05) is 24.7 Å². The number of thioether (sulfide) groups is 1. The molecule has 1 saturated heterocycles. The summed E-state index contributed by atoms with van der Waals surface area (Å²) >= 11 is 1.60. The lowest BCUT2D eigenvalue weighted by molar-refractivity contribution is -0.141. The minimum absolute atomic E-state index is 0.0255. The first-order valence-corrected chi connectivity index (χ1v) is 23.9. The van der Waals surface area contributed by atoms with E-state index < -0.39 is 73.4 Å². The van der Waals surface area contributed by atoms with E-state index in [1.54, 1.807) is 46.6 Å². The van der Waals surface area contributed by atoms with E-state index in [9.17, 15) is 36.0 Å². The highest BCUT2D eigenvalue weighted by Crippen LogP contribution is 2.48. The number of aryl methyl sites for hydroxylation is 1. The number of aliphatic imine (C=N–C) groups is 1. The molecule has 3 amide bonds. The highest BCUT2D eigenvalue weighted by molar-refractivity contribution is 8.14. The first-order valence-electron chi connectivity index (χ1n) is 21.4. The second kappa shape index (κ2) is 16.8. The normalized spacial score (nSPS) is 24.8. The number of carbonyl (C=O) groups is 3. The number of pyridine rings is 1. The number of rotatable bonds is 14. The van der Waals surface area contributed by atoms with E-state index in [0.717, 1.165) is 28.5 Å². The molecule has 2 saturated carbocycles. The molecule has 0 bridgehead atoms. The number of hydrogen-bond acceptors (Lipinski definition) is 11. The largest absolute Gasteiger partial charge is 0.496 e. The lowest BCUT2D eigenvalue weighted by Gasteiger charge is -2.36. The van der Waals surface area contributed by atoms with Gasteiger partial charge in [-0.2, -0.15) is 13.2 Å². The molecule has 1 aromatic heterocycles. The van der Waals surface area contributed by atoms with Crippen LogP contribution in [-0.4, -0.2) is 95.0 Å². The number of ether oxygens (including phenoxy) is 2. The van der Waals surface area contributed by atoms with E-state index in [1.807, 2.05) is 32.0 Å². The van der Waals surface area contributed by atoms with Gasteiger partial charge in [-0.25, -0.2) is 13.4 Å². The molecule has 18 heteroatoms. The molecule has 7 rings (SSSR count). The van der Waals surface area contributed by atoms with Crippen molar-refractivity contribution < 1.29 is 45.4 Å². The third kappa shape index (κ3) is 9.20. The number of methoxy groups -OCH3 is 1. The van der Waals surface area contributed by atoms with Gasteiger partial charge < -0.3 is 25.0 Å². The first-order chi connectivity index (χ1) is 29.4. The second-order valence-electron chi connectivity index (χ2n) is 19.0. The molecule has 2 aromatic carbocycles. The van der Waals surface area contributed by atoms with Crippen LogP contribution in [0.15, 0.2) is 47.5 Å². The van der Waals surface area contributed by atoms with Crippen LogP contribution in [0.2, 0.25) is 0 Å². The number of nitrogens with one attached hydrogen (secondary N) is 3. The predicted molar refractivity (Wildman–Crippen MR) is 237 cm³/mol. The van der Waals surface area contributed by atoms with Crippen LogP contribution in [0.1, 0.15) is 97.4 Å². The van der Waals surface area contributed by atoms with Gasteiger partial charge in [0.25, 0.3) is 5.91 Å². The summed E-state index contributed by atoms with van der Waals surface area (Å²) in [5.74, 6) is -0.271. The number of sulfonamides is 1. The summed E-state index contributed by atoms with van der Waals surface area (Å²) in [6.45, 7) is 14.7. The third-order valence-corrected chi connectivity index (χ3v) is 16.2. The number of likely N-dealkylation sites (tertiary alicyclic amines) is 1. The van der Waals surface area contributed by atoms with Crippen LogP contribution in [-0.2, 0) is 30.6 Å². The summed E-state index contributed by atoms with van der Waals surface area (Å²) in [6.07, 6.45) is -3.96. The van der Waals surface area contributed by atoms with Gasteiger partial charge in [-0.05, 0) is 80.7 Å². The number of benzene rings is 2. The van der Waals surface area contributed by atoms with Crippen molar-refractivity contribution in [3.8, 4) is 11.5 Å². The zero-order chi connectivity index (χ0) is 46.0. The van der Waals surface area contributed by atoms with Gasteiger partial charge in [-0.3, -0.25) is 24.1 Å². The SMILES string of the molecule is CC[C@@H]1C[C@]1(NC(=O)[C@@H]1CC(Oc2cc(C3=NC(C(C)C)CS3)nc3c(C)c(OC)ccc23)CN1C(=O)[C@@H](Nc1cccc(C(F)(F)F)c1)C(C)(C)C)C(=O)NS(=O)(=O)C1(C)CC1. The Hall–Kier alpha value is -4.58. The minimum atomic E-state index is -4.63. The second-order valence-corrected chi connectivity index (χ2v) is 22.2. The molecule has 3 fully saturated rings. The van der Waals surface area contributed by atoms with Gasteiger partial charge in [0.05, 0.1) is 41.2 Å². The summed E-state index contributed by atoms with van der Waals surface area (Å²) in [5.41, 5.74) is -1.25. The summed E-state index contributed by atoms with van der Waals surface area (Å²) in [6, 6.07) is 7.79. The predicted octanol–water partition coefficient (Wildman–Crippen LogP) is 7.25. The van der Waals surface area contributed by atoms with Crippen molar-refractivity contribution in [3.63, 3.8) is 0 Å². The highest BCUT2D eigenvalue weighted by Gasteiger charge is 2.63. The maximum Gasteiger partial charge on any atom is 0.416 e. The lowest BCUT2D eigenvalue weighted by atomic mass is 9.85. The average molecular weight is 915 g/mol. The van der Waals surface area contributed by atoms with Crippen molar-refractivity contribution in [1.29, 1.82) is 0 Å². The molecule has 2 aliphatic heterocycles. The van der Waals surface area contributed by atoms with Gasteiger partial charge in [0.1, 0.15) is 40.3 Å². The zero-order valence-corrected chi connectivity index (χ0v) is 38.7. The lowest BCUT2D eigenvalue weighted by Crippen LogP contribution is -2.59. The summed E-state index contributed by atoms with van der Waals surface area (Å²) < 4.78 is 81.4. The molecule has 13 nitrogen and oxygen atoms in total. The van der Waals surface area contributed by atoms with E-state index >= 15 is 0 Å². The molecule has 2 aliphatic carbocycles. The average Bonchev–Trinajstić information content (AvgIpc) is 4.00. The number of hydrogen-bond donors (Lipinski definition) is 3. The Kier molecular flexibility index (Phi) is 12.4. The fourth-order valence-electron chi connectivity index (χ4n) is 8.39. The monoisotopic (exact) mass is 914 g/mol. The molecule has 0 radical (unpaired) electrons. The van der Waals surface area contributed by atoms with Crippen LogP contribution in [0.5, 0.6) is 11.5 Å². The molecular weight excluding hydrogens is 858 g/mol. The van der Waals surface area contributed by atoms with Crippen LogP contribution < -0.4 is 24.8 Å². The molecule has 342 valence electrons. The molecule has 4 aliphatic rings. The van der Waals surface area contributed by atoms with Crippen molar-refractivity contribution in [2.45, 2.75) is 128 Å². The van der Waals surface area contributed by atoms with Crippen molar-refractivity contribution in [1.82, 2.24) is 19.9 Å². The molecule has 0 spiro atoms. The van der Waals surface area contributed by atoms with Crippen LogP contribution >= 0.6 is 11.8 Å². The maximum absolute atomic E-state index is 15.0. The Labute approximate surface area is 371 Å². The van der Waals surface area contributed by atoms with Crippen molar-refractivity contribution in [3.05, 3.63) is 59.3 Å². The fourth-order valence-corrected chi connectivity index (χ4v) is 11.0. The Morgan fingerprint density at radius 1 is 1.06 bits per heavy atom. The summed E-state index contributed by atoms with van der Waals surface area (Å²) in [5, 5.41) is 7.34. The third-order valence-electron chi connectivity index (χ3n) is 13.0. The Balaban J connectivity index is 1.25. The summed E-state index contributed by atoms with van der Waals surface area (Å²) in [7, 11) is -2.46.